The van der Waals surface area contributed by atoms with Gasteiger partial charge in [-0.2, -0.15) is 4.31 Å². The Balaban J connectivity index is 1.62. The summed E-state index contributed by atoms with van der Waals surface area (Å²) >= 11 is 5.92. The lowest BCUT2D eigenvalue weighted by Gasteiger charge is -2.30. The van der Waals surface area contributed by atoms with E-state index >= 15 is 0 Å². The number of hydrogen-bond acceptors (Lipinski definition) is 3. The molecule has 1 heterocycles. The van der Waals surface area contributed by atoms with Gasteiger partial charge < -0.3 is 5.32 Å². The van der Waals surface area contributed by atoms with Crippen LogP contribution in [-0.4, -0.2) is 31.7 Å². The number of nitrogens with zero attached hydrogens (tertiary/aromatic N) is 1. The van der Waals surface area contributed by atoms with Gasteiger partial charge in [0.25, 0.3) is 0 Å². The first-order chi connectivity index (χ1) is 12.4. The maximum absolute atomic E-state index is 13.1. The molecule has 0 unspecified atom stereocenters. The standard InChI is InChI=1S/C18H18ClFN2O3S/c19-16-12-14(20)6-7-17(16)21-18(23)13-8-10-22(11-9-13)26(24,25)15-4-2-1-3-5-15/h1-7,12-13H,8-11H2,(H,21,23). The van der Waals surface area contributed by atoms with Crippen molar-refractivity contribution in [1.82, 2.24) is 4.31 Å². The molecule has 0 radical (unpaired) electrons. The van der Waals surface area contributed by atoms with Gasteiger partial charge in [0.15, 0.2) is 0 Å². The van der Waals surface area contributed by atoms with E-state index in [1.165, 1.54) is 16.4 Å². The van der Waals surface area contributed by atoms with E-state index in [4.69, 9.17) is 11.6 Å². The Morgan fingerprint density at radius 3 is 2.38 bits per heavy atom. The highest BCUT2D eigenvalue weighted by Crippen LogP contribution is 2.27. The summed E-state index contributed by atoms with van der Waals surface area (Å²) in [6.07, 6.45) is 0.827. The van der Waals surface area contributed by atoms with Crippen molar-refractivity contribution in [3.63, 3.8) is 0 Å². The van der Waals surface area contributed by atoms with Gasteiger partial charge in [-0.05, 0) is 43.2 Å². The number of sulfonamides is 1. The van der Waals surface area contributed by atoms with E-state index in [9.17, 15) is 17.6 Å². The quantitative estimate of drug-likeness (QED) is 0.859. The molecule has 1 aliphatic rings. The number of amides is 1. The normalized spacial score (nSPS) is 16.4. The Labute approximate surface area is 156 Å². The van der Waals surface area contributed by atoms with Crippen LogP contribution in [0.5, 0.6) is 0 Å². The van der Waals surface area contributed by atoms with Gasteiger partial charge in [0.05, 0.1) is 15.6 Å². The fourth-order valence-corrected chi connectivity index (χ4v) is 4.63. The van der Waals surface area contributed by atoms with Crippen molar-refractivity contribution in [3.05, 3.63) is 59.4 Å². The van der Waals surface area contributed by atoms with E-state index in [1.54, 1.807) is 30.3 Å². The van der Waals surface area contributed by atoms with E-state index in [2.05, 4.69) is 5.32 Å². The topological polar surface area (TPSA) is 66.5 Å². The van der Waals surface area contributed by atoms with Crippen molar-refractivity contribution >= 4 is 33.2 Å². The Morgan fingerprint density at radius 2 is 1.77 bits per heavy atom. The van der Waals surface area contributed by atoms with E-state index in [1.807, 2.05) is 0 Å². The molecule has 138 valence electrons. The van der Waals surface area contributed by atoms with Crippen molar-refractivity contribution in [2.75, 3.05) is 18.4 Å². The molecule has 0 saturated carbocycles. The van der Waals surface area contributed by atoms with Crippen LogP contribution in [0, 0.1) is 11.7 Å². The highest BCUT2D eigenvalue weighted by atomic mass is 35.5. The summed E-state index contributed by atoms with van der Waals surface area (Å²) in [4.78, 5) is 12.7. The fourth-order valence-electron chi connectivity index (χ4n) is 2.93. The average Bonchev–Trinajstić information content (AvgIpc) is 2.65. The van der Waals surface area contributed by atoms with Crippen LogP contribution in [0.4, 0.5) is 10.1 Å². The molecule has 0 aromatic heterocycles. The Morgan fingerprint density at radius 1 is 1.12 bits per heavy atom. The van der Waals surface area contributed by atoms with Crippen LogP contribution in [0.3, 0.4) is 0 Å². The van der Waals surface area contributed by atoms with Crippen molar-refractivity contribution in [3.8, 4) is 0 Å². The summed E-state index contributed by atoms with van der Waals surface area (Å²) in [5.41, 5.74) is 0.345. The lowest BCUT2D eigenvalue weighted by molar-refractivity contribution is -0.120. The summed E-state index contributed by atoms with van der Waals surface area (Å²) < 4.78 is 39.7. The number of anilines is 1. The third-order valence-electron chi connectivity index (χ3n) is 4.39. The van der Waals surface area contributed by atoms with E-state index in [0.29, 0.717) is 18.5 Å². The van der Waals surface area contributed by atoms with Crippen LogP contribution in [-0.2, 0) is 14.8 Å². The smallest absolute Gasteiger partial charge is 0.243 e. The van der Waals surface area contributed by atoms with Crippen LogP contribution < -0.4 is 5.32 Å². The Hall–Kier alpha value is -1.96. The number of rotatable bonds is 4. The van der Waals surface area contributed by atoms with E-state index in [0.717, 1.165) is 6.07 Å². The van der Waals surface area contributed by atoms with E-state index in [-0.39, 0.29) is 34.8 Å². The molecule has 2 aromatic rings. The van der Waals surface area contributed by atoms with Crippen LogP contribution >= 0.6 is 11.6 Å². The summed E-state index contributed by atoms with van der Waals surface area (Å²) in [7, 11) is -3.54. The summed E-state index contributed by atoms with van der Waals surface area (Å²) in [5, 5.41) is 2.81. The molecule has 0 spiro atoms. The van der Waals surface area contributed by atoms with Crippen LogP contribution in [0.15, 0.2) is 53.4 Å². The Kier molecular flexibility index (Phi) is 5.60. The molecule has 3 rings (SSSR count). The molecule has 26 heavy (non-hydrogen) atoms. The van der Waals surface area contributed by atoms with Gasteiger partial charge in [0, 0.05) is 19.0 Å². The highest BCUT2D eigenvalue weighted by molar-refractivity contribution is 7.89. The third-order valence-corrected chi connectivity index (χ3v) is 6.62. The number of halogens is 2. The zero-order chi connectivity index (χ0) is 18.7. The average molecular weight is 397 g/mol. The lowest BCUT2D eigenvalue weighted by Crippen LogP contribution is -2.41. The van der Waals surface area contributed by atoms with Gasteiger partial charge in [0.2, 0.25) is 15.9 Å². The number of hydrogen-bond donors (Lipinski definition) is 1. The SMILES string of the molecule is O=C(Nc1ccc(F)cc1Cl)C1CCN(S(=O)(=O)c2ccccc2)CC1. The number of carbonyl (C=O) groups is 1. The van der Waals surface area contributed by atoms with Crippen molar-refractivity contribution in [1.29, 1.82) is 0 Å². The minimum atomic E-state index is -3.54. The zero-order valence-electron chi connectivity index (χ0n) is 13.9. The van der Waals surface area contributed by atoms with Gasteiger partial charge in [-0.15, -0.1) is 0 Å². The van der Waals surface area contributed by atoms with Gasteiger partial charge in [-0.1, -0.05) is 29.8 Å². The molecule has 2 aromatic carbocycles. The minimum absolute atomic E-state index is 0.127. The maximum atomic E-state index is 13.1. The first-order valence-corrected chi connectivity index (χ1v) is 10.0. The van der Waals surface area contributed by atoms with E-state index < -0.39 is 15.8 Å². The summed E-state index contributed by atoms with van der Waals surface area (Å²) in [6.45, 7) is 0.541. The first-order valence-electron chi connectivity index (χ1n) is 8.19. The van der Waals surface area contributed by atoms with Gasteiger partial charge in [0.1, 0.15) is 5.82 Å². The van der Waals surface area contributed by atoms with Crippen LogP contribution in [0.2, 0.25) is 5.02 Å². The lowest BCUT2D eigenvalue weighted by atomic mass is 9.97. The molecule has 1 amide bonds. The van der Waals surface area contributed by atoms with Crippen LogP contribution in [0.25, 0.3) is 0 Å². The predicted octanol–water partition coefficient (Wildman–Crippen LogP) is 3.52. The third kappa shape index (κ3) is 4.06. The summed E-state index contributed by atoms with van der Waals surface area (Å²) in [5.74, 6) is -1.04. The number of carbonyl (C=O) groups excluding carboxylic acids is 1. The molecule has 1 aliphatic heterocycles. The maximum Gasteiger partial charge on any atom is 0.243 e. The molecule has 8 heteroatoms. The molecule has 5 nitrogen and oxygen atoms in total. The largest absolute Gasteiger partial charge is 0.325 e. The number of nitrogens with one attached hydrogen (secondary N) is 1. The first kappa shape index (κ1) is 18.8. The highest BCUT2D eigenvalue weighted by Gasteiger charge is 2.32. The van der Waals surface area contributed by atoms with Crippen molar-refractivity contribution < 1.29 is 17.6 Å². The molecule has 0 atom stereocenters. The molecular formula is C18H18ClFN2O3S. The number of piperidine rings is 1. The molecule has 1 N–H and O–H groups in total. The second kappa shape index (κ2) is 7.73. The molecule has 1 fully saturated rings. The second-order valence-corrected chi connectivity index (χ2v) is 8.45. The van der Waals surface area contributed by atoms with Crippen molar-refractivity contribution in [2.24, 2.45) is 5.92 Å². The summed E-state index contributed by atoms with van der Waals surface area (Å²) in [6, 6.07) is 12.0. The zero-order valence-corrected chi connectivity index (χ0v) is 15.4. The predicted molar refractivity (Wildman–Crippen MR) is 98.0 cm³/mol. The van der Waals surface area contributed by atoms with Gasteiger partial charge >= 0.3 is 0 Å². The number of benzene rings is 2. The monoisotopic (exact) mass is 396 g/mol. The van der Waals surface area contributed by atoms with Crippen molar-refractivity contribution in [2.45, 2.75) is 17.7 Å². The molecule has 1 saturated heterocycles. The van der Waals surface area contributed by atoms with Crippen LogP contribution in [0.1, 0.15) is 12.8 Å². The Bertz CT molecular complexity index is 898. The fraction of sp³-hybridized carbons (Fsp3) is 0.278. The second-order valence-electron chi connectivity index (χ2n) is 6.10. The molecule has 0 aliphatic carbocycles. The molecule has 0 bridgehead atoms. The van der Waals surface area contributed by atoms with Gasteiger partial charge in [-0.3, -0.25) is 4.79 Å². The van der Waals surface area contributed by atoms with Gasteiger partial charge in [-0.25, -0.2) is 12.8 Å². The molecular weight excluding hydrogens is 379 g/mol. The minimum Gasteiger partial charge on any atom is -0.325 e.